The van der Waals surface area contributed by atoms with Gasteiger partial charge in [0.25, 0.3) is 11.8 Å². The number of hydrogen-bond acceptors (Lipinski definition) is 4. The van der Waals surface area contributed by atoms with E-state index in [2.05, 4.69) is 31.9 Å². The van der Waals surface area contributed by atoms with Crippen molar-refractivity contribution in [1.82, 2.24) is 9.80 Å². The minimum absolute atomic E-state index is 0.0633. The molecular weight excluding hydrogens is 1120 g/mol. The number of rotatable bonds is 22. The Morgan fingerprint density at radius 2 is 0.667 bits per heavy atom. The quantitative estimate of drug-likeness (QED) is 0.110. The molecule has 0 atom stereocenters. The van der Waals surface area contributed by atoms with Gasteiger partial charge in [-0.25, -0.2) is 0 Å². The van der Waals surface area contributed by atoms with Gasteiger partial charge < -0.3 is 9.80 Å². The molecule has 4 nitrogen and oxygen atoms in total. The van der Waals surface area contributed by atoms with E-state index in [1.165, 1.54) is 24.3 Å². The number of amides is 2. The highest BCUT2D eigenvalue weighted by Crippen LogP contribution is 2.51. The van der Waals surface area contributed by atoms with Crippen LogP contribution < -0.4 is 0 Å². The molecule has 374 valence electrons. The summed E-state index contributed by atoms with van der Waals surface area (Å²) < 4.78 is 268. The lowest BCUT2D eigenvalue weighted by atomic mass is 9.92. The monoisotopic (exact) mass is 1150 g/mol. The highest BCUT2D eigenvalue weighted by Gasteiger charge is 2.59. The molecule has 2 amide bonds. The average Bonchev–Trinajstić information content (AvgIpc) is 3.90. The van der Waals surface area contributed by atoms with Crippen molar-refractivity contribution in [3.8, 4) is 0 Å². The molecule has 66 heavy (non-hydrogen) atoms. The number of carbonyl (C=O) groups is 2. The minimum atomic E-state index is -6.02. The first-order valence-electron chi connectivity index (χ1n) is 19.3. The van der Waals surface area contributed by atoms with Gasteiger partial charge in [0, 0.05) is 38.8 Å². The molecule has 2 aliphatic heterocycles. The number of nitrogens with zero attached hydrogens (tertiary/aromatic N) is 2. The fraction of sp³-hybridized carbons (Fsp3) is 0.632. The van der Waals surface area contributed by atoms with Gasteiger partial charge in [-0.2, -0.15) is 87.8 Å². The van der Waals surface area contributed by atoms with Crippen LogP contribution in [0.1, 0.15) is 86.8 Å². The molecule has 2 aliphatic rings. The van der Waals surface area contributed by atoms with Crippen molar-refractivity contribution in [2.75, 3.05) is 13.1 Å². The number of fused-ring (bicyclic) bond motifs is 1. The van der Waals surface area contributed by atoms with Gasteiger partial charge in [0.2, 0.25) is 0 Å². The Labute approximate surface area is 386 Å². The molecule has 0 saturated carbocycles. The van der Waals surface area contributed by atoms with Crippen molar-refractivity contribution >= 4 is 77.7 Å². The van der Waals surface area contributed by atoms with Crippen LogP contribution in [0.2, 0.25) is 0 Å². The SMILES string of the molecule is O=C1C2=C(c3ccc(Br)s3)N(CC(CCCC(F)(F)C(F)(F)F)CCCC(F)(F)C(F)(F)F)C(=O)C2=C(c2ccc(Br)s2)N1CC(CCCC(F)(F)C(F)(F)F)CCCC(F)(F)C(F)(F)F. The first-order chi connectivity index (χ1) is 29.9. The summed E-state index contributed by atoms with van der Waals surface area (Å²) in [7, 11) is 0. The number of thiophene rings is 2. The number of halogens is 22. The molecule has 0 fully saturated rings. The van der Waals surface area contributed by atoms with Gasteiger partial charge in [-0.05, 0) is 119 Å². The van der Waals surface area contributed by atoms with E-state index in [1.54, 1.807) is 0 Å². The first-order valence-corrected chi connectivity index (χ1v) is 22.6. The normalized spacial score (nSPS) is 16.4. The van der Waals surface area contributed by atoms with E-state index >= 15 is 0 Å². The third-order valence-electron chi connectivity index (χ3n) is 10.7. The summed E-state index contributed by atoms with van der Waals surface area (Å²) in [6.07, 6.45) is -38.2. The zero-order chi connectivity index (χ0) is 50.2. The highest BCUT2D eigenvalue weighted by molar-refractivity contribution is 9.11. The largest absolute Gasteiger partial charge is 0.453 e. The molecule has 0 N–H and O–H groups in total. The van der Waals surface area contributed by atoms with Crippen LogP contribution in [0, 0.1) is 11.8 Å². The molecule has 4 rings (SSSR count). The lowest BCUT2D eigenvalue weighted by Gasteiger charge is -2.30. The standard InChI is InChI=1S/C38H34Br2F20N2O2S2/c39-23-11-9-21(65-23)27-25-26(29(63)61(27)17-19(5-1-13-31(41,42)35(49,50)51)6-2-14-32(43,44)36(52,53)54)28(22-10-12-24(40)66-22)62(30(25)64)18-20(7-3-15-33(45,46)37(55,56)57)8-4-16-34(47,48)38(58,59)60/h9-12,19-20H,1-8,13-18H2. The summed E-state index contributed by atoms with van der Waals surface area (Å²) in [4.78, 5) is 31.2. The van der Waals surface area contributed by atoms with Crippen molar-refractivity contribution in [2.45, 2.75) is 125 Å². The first kappa shape index (κ1) is 56.0. The average molecular weight is 1150 g/mol. The predicted molar refractivity (Wildman–Crippen MR) is 208 cm³/mol. The Balaban J connectivity index is 1.80. The molecule has 0 aliphatic carbocycles. The molecule has 0 spiro atoms. The second-order valence-corrected chi connectivity index (χ2v) is 20.5. The zero-order valence-corrected chi connectivity index (χ0v) is 38.0. The molecule has 28 heteroatoms. The minimum Gasteiger partial charge on any atom is -0.306 e. The molecule has 0 unspecified atom stereocenters. The van der Waals surface area contributed by atoms with Crippen molar-refractivity contribution < 1.29 is 97.4 Å². The summed E-state index contributed by atoms with van der Waals surface area (Å²) in [5.74, 6) is -26.0. The van der Waals surface area contributed by atoms with Gasteiger partial charge in [0.05, 0.1) is 39.9 Å². The Hall–Kier alpha value is -2.62. The van der Waals surface area contributed by atoms with E-state index in [0.717, 1.165) is 32.5 Å². The van der Waals surface area contributed by atoms with Crippen LogP contribution in [0.25, 0.3) is 11.4 Å². The van der Waals surface area contributed by atoms with E-state index in [0.29, 0.717) is 7.57 Å². The fourth-order valence-electron chi connectivity index (χ4n) is 7.33. The van der Waals surface area contributed by atoms with E-state index in [4.69, 9.17) is 0 Å². The van der Waals surface area contributed by atoms with Gasteiger partial charge in [-0.1, -0.05) is 0 Å². The molecular formula is C38H34Br2F20N2O2S2. The Kier molecular flexibility index (Phi) is 17.3. The Bertz CT molecular complexity index is 1890. The van der Waals surface area contributed by atoms with E-state index < -0.39 is 173 Å². The molecule has 0 radical (unpaired) electrons. The van der Waals surface area contributed by atoms with Crippen LogP contribution in [-0.4, -0.2) is 83.1 Å². The molecule has 0 aromatic carbocycles. The number of carbonyl (C=O) groups excluding carboxylic acids is 2. The van der Waals surface area contributed by atoms with Gasteiger partial charge >= 0.3 is 48.4 Å². The third kappa shape index (κ3) is 13.0. The zero-order valence-electron chi connectivity index (χ0n) is 33.2. The van der Waals surface area contributed by atoms with Gasteiger partial charge in [-0.3, -0.25) is 9.59 Å². The Morgan fingerprint density at radius 3 is 0.864 bits per heavy atom. The van der Waals surface area contributed by atoms with Crippen LogP contribution in [0.3, 0.4) is 0 Å². The van der Waals surface area contributed by atoms with Crippen LogP contribution in [-0.2, 0) is 9.59 Å². The molecule has 2 aromatic heterocycles. The highest BCUT2D eigenvalue weighted by atomic mass is 79.9. The summed E-state index contributed by atoms with van der Waals surface area (Å²) in [5, 5.41) is 0. The predicted octanol–water partition coefficient (Wildman–Crippen LogP) is 15.8. The summed E-state index contributed by atoms with van der Waals surface area (Å²) >= 11 is 8.10. The molecule has 0 bridgehead atoms. The van der Waals surface area contributed by atoms with Crippen molar-refractivity contribution in [2.24, 2.45) is 11.8 Å². The molecule has 0 saturated heterocycles. The Morgan fingerprint density at radius 1 is 0.424 bits per heavy atom. The second kappa shape index (κ2) is 20.4. The van der Waals surface area contributed by atoms with Crippen molar-refractivity contribution in [3.05, 3.63) is 52.7 Å². The van der Waals surface area contributed by atoms with Crippen molar-refractivity contribution in [1.29, 1.82) is 0 Å². The van der Waals surface area contributed by atoms with Crippen LogP contribution in [0.4, 0.5) is 87.8 Å². The number of hydrogen-bond donors (Lipinski definition) is 0. The second-order valence-electron chi connectivity index (χ2n) is 15.6. The third-order valence-corrected chi connectivity index (χ3v) is 14.0. The maximum Gasteiger partial charge on any atom is 0.453 e. The van der Waals surface area contributed by atoms with E-state index in [-0.39, 0.29) is 21.1 Å². The smallest absolute Gasteiger partial charge is 0.306 e. The number of alkyl halides is 20. The van der Waals surface area contributed by atoms with Gasteiger partial charge in [-0.15, -0.1) is 22.7 Å². The summed E-state index contributed by atoms with van der Waals surface area (Å²) in [5.41, 5.74) is -1.51. The fourth-order valence-corrected chi connectivity index (χ4v) is 10.2. The van der Waals surface area contributed by atoms with Gasteiger partial charge in [0.1, 0.15) is 0 Å². The van der Waals surface area contributed by atoms with Crippen LogP contribution >= 0.6 is 54.5 Å². The van der Waals surface area contributed by atoms with Crippen molar-refractivity contribution in [3.63, 3.8) is 0 Å². The molecule has 2 aromatic rings. The van der Waals surface area contributed by atoms with Crippen LogP contribution in [0.5, 0.6) is 0 Å². The van der Waals surface area contributed by atoms with E-state index in [9.17, 15) is 97.4 Å². The summed E-state index contributed by atoms with van der Waals surface area (Å²) in [6.45, 7) is -1.52. The van der Waals surface area contributed by atoms with Crippen LogP contribution in [0.15, 0.2) is 43.0 Å². The lowest BCUT2D eigenvalue weighted by molar-refractivity contribution is -0.285. The summed E-state index contributed by atoms with van der Waals surface area (Å²) in [6, 6.07) is 5.49. The maximum absolute atomic E-state index is 14.7. The van der Waals surface area contributed by atoms with E-state index in [1.807, 2.05) is 0 Å². The lowest BCUT2D eigenvalue weighted by Crippen LogP contribution is -2.37. The van der Waals surface area contributed by atoms with Gasteiger partial charge in [0.15, 0.2) is 0 Å². The molecule has 4 heterocycles. The topological polar surface area (TPSA) is 40.6 Å². The maximum atomic E-state index is 14.7.